The molecule has 164 valence electrons. The fraction of sp³-hybridized carbons (Fsp3) is 0.417. The Morgan fingerprint density at radius 3 is 2.32 bits per heavy atom. The molecule has 2 amide bonds. The molecule has 0 bridgehead atoms. The average Bonchev–Trinajstić information content (AvgIpc) is 3.07. The van der Waals surface area contributed by atoms with Gasteiger partial charge in [0.25, 0.3) is 5.91 Å². The van der Waals surface area contributed by atoms with Gasteiger partial charge in [-0.05, 0) is 61.2 Å². The zero-order valence-corrected chi connectivity index (χ0v) is 19.2. The number of piperidine rings is 1. The van der Waals surface area contributed by atoms with Crippen molar-refractivity contribution in [2.75, 3.05) is 24.6 Å². The summed E-state index contributed by atoms with van der Waals surface area (Å²) >= 11 is 3.42. The first-order valence-electron chi connectivity index (χ1n) is 10.7. The Morgan fingerprint density at radius 2 is 1.71 bits per heavy atom. The highest BCUT2D eigenvalue weighted by Crippen LogP contribution is 2.36. The van der Waals surface area contributed by atoms with Gasteiger partial charge in [-0.3, -0.25) is 14.5 Å². The van der Waals surface area contributed by atoms with Crippen molar-refractivity contribution in [3.63, 3.8) is 0 Å². The lowest BCUT2D eigenvalue weighted by Gasteiger charge is -2.40. The van der Waals surface area contributed by atoms with Crippen molar-refractivity contribution in [3.8, 4) is 5.75 Å². The van der Waals surface area contributed by atoms with Gasteiger partial charge in [-0.15, -0.1) is 0 Å². The molecule has 2 saturated heterocycles. The minimum Gasteiger partial charge on any atom is -0.494 e. The van der Waals surface area contributed by atoms with Gasteiger partial charge in [0, 0.05) is 17.6 Å². The molecule has 0 radical (unpaired) electrons. The Morgan fingerprint density at radius 1 is 1.06 bits per heavy atom. The first kappa shape index (κ1) is 22.0. The van der Waals surface area contributed by atoms with Gasteiger partial charge in [0.15, 0.2) is 0 Å². The number of carbonyl (C=O) groups excluding carboxylic acids is 2. The Bertz CT molecular complexity index is 937. The van der Waals surface area contributed by atoms with Crippen molar-refractivity contribution in [1.29, 1.82) is 0 Å². The number of carbonyl (C=O) groups is 2. The third-order valence-corrected chi connectivity index (χ3v) is 6.67. The lowest BCUT2D eigenvalue weighted by atomic mass is 9.84. The summed E-state index contributed by atoms with van der Waals surface area (Å²) in [6.45, 7) is 3.79. The summed E-state index contributed by atoms with van der Waals surface area (Å²) in [5, 5.41) is 11.1. The molecular formula is C24H27BrN2O4. The largest absolute Gasteiger partial charge is 0.494 e. The number of halogens is 1. The maximum absolute atomic E-state index is 13.1. The molecule has 2 aromatic rings. The highest BCUT2D eigenvalue weighted by Gasteiger charge is 2.45. The molecule has 31 heavy (non-hydrogen) atoms. The van der Waals surface area contributed by atoms with Crippen molar-refractivity contribution in [1.82, 2.24) is 4.90 Å². The van der Waals surface area contributed by atoms with Crippen LogP contribution in [0.1, 0.15) is 38.2 Å². The third-order valence-electron chi connectivity index (χ3n) is 6.14. The summed E-state index contributed by atoms with van der Waals surface area (Å²) < 4.78 is 6.55. The summed E-state index contributed by atoms with van der Waals surface area (Å²) in [4.78, 5) is 29.1. The zero-order valence-electron chi connectivity index (χ0n) is 17.6. The fourth-order valence-electron chi connectivity index (χ4n) is 4.34. The molecule has 0 unspecified atom stereocenters. The van der Waals surface area contributed by atoms with Crippen LogP contribution in [0.5, 0.6) is 5.75 Å². The molecule has 7 heteroatoms. The van der Waals surface area contributed by atoms with E-state index < -0.39 is 11.6 Å². The van der Waals surface area contributed by atoms with Crippen LogP contribution in [0.3, 0.4) is 0 Å². The number of benzene rings is 2. The molecule has 0 aromatic heterocycles. The van der Waals surface area contributed by atoms with Gasteiger partial charge in [0.2, 0.25) is 5.91 Å². The number of amides is 2. The van der Waals surface area contributed by atoms with Crippen LogP contribution in [0.25, 0.3) is 0 Å². The predicted octanol–water partition coefficient (Wildman–Crippen LogP) is 3.85. The standard InChI is InChI=1S/C24H27BrN2O4/c1-2-15-31-20-9-7-19(8-10-20)27-22(28)16-21(23(27)29)26-13-11-24(30,12-14-26)17-3-5-18(25)6-4-17/h3-10,21,30H,2,11-16H2,1H3/t21-/m0/s1. The molecule has 2 aromatic carbocycles. The van der Waals surface area contributed by atoms with Gasteiger partial charge in [-0.1, -0.05) is 35.0 Å². The van der Waals surface area contributed by atoms with E-state index in [0.29, 0.717) is 38.2 Å². The van der Waals surface area contributed by atoms with Crippen molar-refractivity contribution in [2.24, 2.45) is 0 Å². The molecule has 0 spiro atoms. The maximum Gasteiger partial charge on any atom is 0.251 e. The Balaban J connectivity index is 1.42. The van der Waals surface area contributed by atoms with E-state index in [2.05, 4.69) is 15.9 Å². The van der Waals surface area contributed by atoms with E-state index in [4.69, 9.17) is 4.74 Å². The molecule has 0 saturated carbocycles. The van der Waals surface area contributed by atoms with Gasteiger partial charge < -0.3 is 9.84 Å². The van der Waals surface area contributed by atoms with Crippen LogP contribution in [-0.2, 0) is 15.2 Å². The summed E-state index contributed by atoms with van der Waals surface area (Å²) in [6, 6.07) is 14.3. The van der Waals surface area contributed by atoms with Crippen LogP contribution in [0.4, 0.5) is 5.69 Å². The summed E-state index contributed by atoms with van der Waals surface area (Å²) in [5.74, 6) is 0.344. The fourth-order valence-corrected chi connectivity index (χ4v) is 4.60. The highest BCUT2D eigenvalue weighted by molar-refractivity contribution is 9.10. The SMILES string of the molecule is CCCOc1ccc(N2C(=O)C[C@H](N3CCC(O)(c4ccc(Br)cc4)CC3)C2=O)cc1. The van der Waals surface area contributed by atoms with Gasteiger partial charge in [-0.2, -0.15) is 0 Å². The second kappa shape index (κ2) is 9.10. The Hall–Kier alpha value is -2.22. The number of likely N-dealkylation sites (tertiary alicyclic amines) is 1. The van der Waals surface area contributed by atoms with Crippen molar-refractivity contribution < 1.29 is 19.4 Å². The maximum atomic E-state index is 13.1. The van der Waals surface area contributed by atoms with E-state index >= 15 is 0 Å². The van der Waals surface area contributed by atoms with Crippen LogP contribution in [0, 0.1) is 0 Å². The number of nitrogens with zero attached hydrogens (tertiary/aromatic N) is 2. The topological polar surface area (TPSA) is 70.1 Å². The van der Waals surface area contributed by atoms with Crippen LogP contribution < -0.4 is 9.64 Å². The summed E-state index contributed by atoms with van der Waals surface area (Å²) in [5.41, 5.74) is 0.553. The number of rotatable bonds is 6. The summed E-state index contributed by atoms with van der Waals surface area (Å²) in [7, 11) is 0. The Labute approximate surface area is 190 Å². The number of imide groups is 1. The van der Waals surface area contributed by atoms with E-state index in [0.717, 1.165) is 22.2 Å². The molecule has 4 rings (SSSR count). The number of hydrogen-bond acceptors (Lipinski definition) is 5. The van der Waals surface area contributed by atoms with Crippen molar-refractivity contribution >= 4 is 33.4 Å². The first-order valence-corrected chi connectivity index (χ1v) is 11.5. The second-order valence-corrected chi connectivity index (χ2v) is 9.12. The van der Waals surface area contributed by atoms with E-state index in [1.54, 1.807) is 24.3 Å². The lowest BCUT2D eigenvalue weighted by Crippen LogP contribution is -2.49. The first-order chi connectivity index (χ1) is 14.9. The average molecular weight is 487 g/mol. The monoisotopic (exact) mass is 486 g/mol. The van der Waals surface area contributed by atoms with Gasteiger partial charge in [0.1, 0.15) is 5.75 Å². The molecule has 2 aliphatic rings. The van der Waals surface area contributed by atoms with Crippen LogP contribution >= 0.6 is 15.9 Å². The number of ether oxygens (including phenoxy) is 1. The summed E-state index contributed by atoms with van der Waals surface area (Å²) in [6.07, 6.45) is 2.13. The second-order valence-electron chi connectivity index (χ2n) is 8.20. The lowest BCUT2D eigenvalue weighted by molar-refractivity contribution is -0.124. The van der Waals surface area contributed by atoms with E-state index in [9.17, 15) is 14.7 Å². The number of aliphatic hydroxyl groups is 1. The van der Waals surface area contributed by atoms with Gasteiger partial charge in [-0.25, -0.2) is 4.90 Å². The molecule has 0 aliphatic carbocycles. The van der Waals surface area contributed by atoms with Crippen LogP contribution in [-0.4, -0.2) is 47.6 Å². The molecule has 2 heterocycles. The molecule has 2 fully saturated rings. The Kier molecular flexibility index (Phi) is 6.46. The quantitative estimate of drug-likeness (QED) is 0.627. The molecule has 2 aliphatic heterocycles. The van der Waals surface area contributed by atoms with Gasteiger partial charge >= 0.3 is 0 Å². The van der Waals surface area contributed by atoms with E-state index in [1.807, 2.05) is 36.1 Å². The zero-order chi connectivity index (χ0) is 22.0. The van der Waals surface area contributed by atoms with Crippen LogP contribution in [0.2, 0.25) is 0 Å². The van der Waals surface area contributed by atoms with E-state index in [1.165, 1.54) is 4.90 Å². The number of anilines is 1. The highest BCUT2D eigenvalue weighted by atomic mass is 79.9. The van der Waals surface area contributed by atoms with Crippen molar-refractivity contribution in [3.05, 3.63) is 58.6 Å². The predicted molar refractivity (Wildman–Crippen MR) is 122 cm³/mol. The van der Waals surface area contributed by atoms with E-state index in [-0.39, 0.29) is 18.2 Å². The third kappa shape index (κ3) is 4.54. The van der Waals surface area contributed by atoms with Crippen molar-refractivity contribution in [2.45, 2.75) is 44.2 Å². The molecule has 1 N–H and O–H groups in total. The number of hydrogen-bond donors (Lipinski definition) is 1. The van der Waals surface area contributed by atoms with Crippen LogP contribution in [0.15, 0.2) is 53.0 Å². The minimum absolute atomic E-state index is 0.170. The smallest absolute Gasteiger partial charge is 0.251 e. The molecular weight excluding hydrogens is 460 g/mol. The van der Waals surface area contributed by atoms with Gasteiger partial charge in [0.05, 0.1) is 30.4 Å². The normalized spacial score (nSPS) is 21.5. The molecule has 6 nitrogen and oxygen atoms in total. The molecule has 1 atom stereocenters. The minimum atomic E-state index is -0.906.